The van der Waals surface area contributed by atoms with Gasteiger partial charge in [0.2, 0.25) is 5.91 Å². The quantitative estimate of drug-likeness (QED) is 0.587. The molecule has 7 heteroatoms. The van der Waals surface area contributed by atoms with E-state index in [9.17, 15) is 18.0 Å². The Balaban J connectivity index is 3.71. The van der Waals surface area contributed by atoms with Crippen molar-refractivity contribution in [3.63, 3.8) is 0 Å². The summed E-state index contributed by atoms with van der Waals surface area (Å²) in [6.45, 7) is 1.17. The van der Waals surface area contributed by atoms with E-state index in [-0.39, 0.29) is 19.1 Å². The Bertz CT molecular complexity index is 229. The normalized spacial score (nSPS) is 13.4. The van der Waals surface area contributed by atoms with Crippen molar-refractivity contribution in [3.05, 3.63) is 0 Å². The second kappa shape index (κ2) is 9.16. The molecule has 0 aromatic heterocycles. The highest BCUT2D eigenvalue weighted by Crippen LogP contribution is 2.12. The molecule has 3 N–H and O–H groups in total. The molecular formula is C11H21F3N2O2. The molecule has 0 aliphatic rings. The molecule has 1 atom stereocenters. The first kappa shape index (κ1) is 17.2. The Morgan fingerprint density at radius 3 is 2.50 bits per heavy atom. The van der Waals surface area contributed by atoms with Crippen molar-refractivity contribution in [2.24, 2.45) is 5.92 Å². The van der Waals surface area contributed by atoms with Gasteiger partial charge in [0.1, 0.15) is 6.54 Å². The van der Waals surface area contributed by atoms with Crippen LogP contribution in [0.2, 0.25) is 0 Å². The van der Waals surface area contributed by atoms with E-state index >= 15 is 0 Å². The van der Waals surface area contributed by atoms with Crippen LogP contribution in [-0.2, 0) is 4.79 Å². The maximum atomic E-state index is 11.8. The molecule has 0 aromatic rings. The van der Waals surface area contributed by atoms with E-state index in [1.807, 2.05) is 6.92 Å². The smallest absolute Gasteiger partial charge is 0.396 e. The van der Waals surface area contributed by atoms with Gasteiger partial charge in [-0.25, -0.2) is 0 Å². The number of hydrogen-bond acceptors (Lipinski definition) is 3. The monoisotopic (exact) mass is 270 g/mol. The van der Waals surface area contributed by atoms with Gasteiger partial charge in [0, 0.05) is 6.61 Å². The molecule has 4 nitrogen and oxygen atoms in total. The molecular weight excluding hydrogens is 249 g/mol. The molecule has 108 valence electrons. The molecule has 0 heterocycles. The average Bonchev–Trinajstić information content (AvgIpc) is 2.26. The molecule has 0 spiro atoms. The lowest BCUT2D eigenvalue weighted by molar-refractivity contribution is -0.137. The van der Waals surface area contributed by atoms with Gasteiger partial charge in [-0.15, -0.1) is 0 Å². The van der Waals surface area contributed by atoms with Crippen LogP contribution in [0.5, 0.6) is 0 Å². The van der Waals surface area contributed by atoms with Gasteiger partial charge in [0.25, 0.3) is 0 Å². The first-order valence-electron chi connectivity index (χ1n) is 6.04. The Morgan fingerprint density at radius 1 is 1.33 bits per heavy atom. The second-order valence-electron chi connectivity index (χ2n) is 4.19. The molecule has 0 aromatic carbocycles. The first-order valence-corrected chi connectivity index (χ1v) is 6.04. The Hall–Kier alpha value is -0.820. The number of aliphatic hydroxyl groups excluding tert-OH is 1. The van der Waals surface area contributed by atoms with Crippen LogP contribution in [0, 0.1) is 5.92 Å². The lowest BCUT2D eigenvalue weighted by atomic mass is 10.0. The number of nitrogens with one attached hydrogen (secondary N) is 2. The van der Waals surface area contributed by atoms with E-state index in [0.29, 0.717) is 13.0 Å². The molecule has 0 bridgehead atoms. The minimum absolute atomic E-state index is 0.0760. The van der Waals surface area contributed by atoms with Crippen LogP contribution in [0.4, 0.5) is 13.2 Å². The number of carbonyl (C=O) groups is 1. The highest BCUT2D eigenvalue weighted by atomic mass is 19.4. The molecule has 1 amide bonds. The van der Waals surface area contributed by atoms with Crippen molar-refractivity contribution in [1.29, 1.82) is 0 Å². The van der Waals surface area contributed by atoms with Crippen LogP contribution in [0.3, 0.4) is 0 Å². The fraction of sp³-hybridized carbons (Fsp3) is 0.909. The Kier molecular flexibility index (Phi) is 8.74. The zero-order chi connectivity index (χ0) is 14.0. The lowest BCUT2D eigenvalue weighted by Gasteiger charge is -2.15. The minimum Gasteiger partial charge on any atom is -0.396 e. The maximum Gasteiger partial charge on any atom is 0.405 e. The number of alkyl halides is 3. The second-order valence-corrected chi connectivity index (χ2v) is 4.19. The van der Waals surface area contributed by atoms with Crippen molar-refractivity contribution in [1.82, 2.24) is 10.6 Å². The van der Waals surface area contributed by atoms with Crippen LogP contribution in [0.1, 0.15) is 26.2 Å². The van der Waals surface area contributed by atoms with Gasteiger partial charge in [-0.05, 0) is 25.3 Å². The van der Waals surface area contributed by atoms with Gasteiger partial charge in [-0.2, -0.15) is 13.2 Å². The maximum absolute atomic E-state index is 11.8. The number of carbonyl (C=O) groups excluding carboxylic acids is 1. The highest BCUT2D eigenvalue weighted by Gasteiger charge is 2.27. The molecule has 0 saturated carbocycles. The zero-order valence-corrected chi connectivity index (χ0v) is 10.5. The number of aliphatic hydroxyl groups is 1. The van der Waals surface area contributed by atoms with E-state index in [2.05, 4.69) is 5.32 Å². The lowest BCUT2D eigenvalue weighted by Crippen LogP contribution is -2.40. The predicted molar refractivity (Wildman–Crippen MR) is 62.0 cm³/mol. The van der Waals surface area contributed by atoms with Crippen molar-refractivity contribution in [2.75, 3.05) is 26.2 Å². The molecule has 1 unspecified atom stereocenters. The number of amides is 1. The molecule has 0 aliphatic heterocycles. The topological polar surface area (TPSA) is 61.4 Å². The standard InChI is InChI=1S/C11H21F3N2O2/c1-2-3-9(4-5-17)6-15-7-10(18)16-8-11(12,13)14/h9,15,17H,2-8H2,1H3,(H,16,18). The van der Waals surface area contributed by atoms with Crippen LogP contribution in [-0.4, -0.2) is 43.4 Å². The van der Waals surface area contributed by atoms with Gasteiger partial charge in [-0.1, -0.05) is 13.3 Å². The fourth-order valence-electron chi connectivity index (χ4n) is 1.59. The summed E-state index contributed by atoms with van der Waals surface area (Å²) in [5, 5.41) is 13.4. The van der Waals surface area contributed by atoms with Crippen molar-refractivity contribution >= 4 is 5.91 Å². The van der Waals surface area contributed by atoms with E-state index in [0.717, 1.165) is 12.8 Å². The number of rotatable bonds is 9. The summed E-state index contributed by atoms with van der Waals surface area (Å²) in [6.07, 6.45) is -1.87. The fourth-order valence-corrected chi connectivity index (χ4v) is 1.59. The van der Waals surface area contributed by atoms with Crippen LogP contribution >= 0.6 is 0 Å². The summed E-state index contributed by atoms with van der Waals surface area (Å²) < 4.78 is 35.4. The third-order valence-corrected chi connectivity index (χ3v) is 2.44. The number of halogens is 3. The molecule has 0 radical (unpaired) electrons. The van der Waals surface area contributed by atoms with Crippen LogP contribution in [0.25, 0.3) is 0 Å². The summed E-state index contributed by atoms with van der Waals surface area (Å²) in [7, 11) is 0. The Morgan fingerprint density at radius 2 is 2.00 bits per heavy atom. The summed E-state index contributed by atoms with van der Waals surface area (Å²) in [5.41, 5.74) is 0. The molecule has 0 fully saturated rings. The molecule has 0 rings (SSSR count). The van der Waals surface area contributed by atoms with E-state index < -0.39 is 18.6 Å². The highest BCUT2D eigenvalue weighted by molar-refractivity contribution is 5.77. The summed E-state index contributed by atoms with van der Waals surface area (Å²) >= 11 is 0. The van der Waals surface area contributed by atoms with Gasteiger partial charge >= 0.3 is 6.18 Å². The zero-order valence-electron chi connectivity index (χ0n) is 10.5. The predicted octanol–water partition coefficient (Wildman–Crippen LogP) is 1.05. The number of hydrogen-bond donors (Lipinski definition) is 3. The summed E-state index contributed by atoms with van der Waals surface area (Å²) in [4.78, 5) is 11.1. The summed E-state index contributed by atoms with van der Waals surface area (Å²) in [5.74, 6) is -0.429. The van der Waals surface area contributed by atoms with Crippen molar-refractivity contribution < 1.29 is 23.1 Å². The molecule has 0 saturated heterocycles. The molecule has 18 heavy (non-hydrogen) atoms. The van der Waals surface area contributed by atoms with E-state index in [4.69, 9.17) is 5.11 Å². The van der Waals surface area contributed by atoms with Gasteiger partial charge in [-0.3, -0.25) is 4.79 Å². The molecule has 0 aliphatic carbocycles. The van der Waals surface area contributed by atoms with Gasteiger partial charge in [0.15, 0.2) is 0 Å². The van der Waals surface area contributed by atoms with Gasteiger partial charge in [0.05, 0.1) is 6.54 Å². The van der Waals surface area contributed by atoms with E-state index in [1.165, 1.54) is 0 Å². The largest absolute Gasteiger partial charge is 0.405 e. The van der Waals surface area contributed by atoms with E-state index in [1.54, 1.807) is 5.32 Å². The van der Waals surface area contributed by atoms with Gasteiger partial charge < -0.3 is 15.7 Å². The Labute approximate surface area is 105 Å². The van der Waals surface area contributed by atoms with Crippen molar-refractivity contribution in [2.45, 2.75) is 32.4 Å². The van der Waals surface area contributed by atoms with Crippen LogP contribution in [0.15, 0.2) is 0 Å². The SMILES string of the molecule is CCCC(CCO)CNCC(=O)NCC(F)(F)F. The van der Waals surface area contributed by atoms with Crippen LogP contribution < -0.4 is 10.6 Å². The van der Waals surface area contributed by atoms with Crippen molar-refractivity contribution in [3.8, 4) is 0 Å². The average molecular weight is 270 g/mol. The minimum atomic E-state index is -4.38. The third kappa shape index (κ3) is 10.3. The summed E-state index contributed by atoms with van der Waals surface area (Å²) in [6, 6.07) is 0. The third-order valence-electron chi connectivity index (χ3n) is 2.44. The first-order chi connectivity index (χ1) is 8.39.